The number of benzene rings is 1. The highest BCUT2D eigenvalue weighted by atomic mass is 15.3. The summed E-state index contributed by atoms with van der Waals surface area (Å²) in [5.41, 5.74) is 13.3. The van der Waals surface area contributed by atoms with E-state index in [2.05, 4.69) is 11.2 Å². The van der Waals surface area contributed by atoms with Gasteiger partial charge in [0.25, 0.3) is 0 Å². The van der Waals surface area contributed by atoms with Crippen molar-refractivity contribution in [3.05, 3.63) is 30.0 Å². The monoisotopic (exact) mass is 190 g/mol. The summed E-state index contributed by atoms with van der Waals surface area (Å²) in [6, 6.07) is 6.13. The zero-order chi connectivity index (χ0) is 9.97. The Kier molecular flexibility index (Phi) is 2.47. The van der Waals surface area contributed by atoms with Crippen LogP contribution in [0, 0.1) is 0 Å². The van der Waals surface area contributed by atoms with Crippen LogP contribution in [-0.4, -0.2) is 16.3 Å². The summed E-state index contributed by atoms with van der Waals surface area (Å²) < 4.78 is 1.91. The zero-order valence-corrected chi connectivity index (χ0v) is 7.98. The fourth-order valence-corrected chi connectivity index (χ4v) is 1.56. The second-order valence-corrected chi connectivity index (χ2v) is 3.25. The smallest absolute Gasteiger partial charge is 0.0683 e. The molecule has 0 saturated heterocycles. The SMILES string of the molecule is NCCn1ncc2cc(CN)ccc21. The Morgan fingerprint density at radius 2 is 2.14 bits per heavy atom. The molecule has 14 heavy (non-hydrogen) atoms. The topological polar surface area (TPSA) is 69.9 Å². The second kappa shape index (κ2) is 3.77. The van der Waals surface area contributed by atoms with Gasteiger partial charge in [-0.2, -0.15) is 5.10 Å². The first-order valence-corrected chi connectivity index (χ1v) is 4.69. The minimum atomic E-state index is 0.567. The molecule has 0 saturated carbocycles. The predicted octanol–water partition coefficient (Wildman–Crippen LogP) is 0.454. The van der Waals surface area contributed by atoms with Gasteiger partial charge in [-0.15, -0.1) is 0 Å². The van der Waals surface area contributed by atoms with Crippen molar-refractivity contribution in [2.45, 2.75) is 13.1 Å². The average Bonchev–Trinajstić information content (AvgIpc) is 2.61. The molecule has 4 N–H and O–H groups in total. The van der Waals surface area contributed by atoms with Gasteiger partial charge in [0.15, 0.2) is 0 Å². The molecule has 0 unspecified atom stereocenters. The van der Waals surface area contributed by atoms with Gasteiger partial charge in [-0.1, -0.05) is 6.07 Å². The summed E-state index contributed by atoms with van der Waals surface area (Å²) in [5.74, 6) is 0. The van der Waals surface area contributed by atoms with Crippen LogP contribution in [0.5, 0.6) is 0 Å². The Labute approximate surface area is 82.5 Å². The average molecular weight is 190 g/mol. The van der Waals surface area contributed by atoms with Crippen LogP contribution in [0.2, 0.25) is 0 Å². The van der Waals surface area contributed by atoms with E-state index in [-0.39, 0.29) is 0 Å². The van der Waals surface area contributed by atoms with Gasteiger partial charge in [0.2, 0.25) is 0 Å². The lowest BCUT2D eigenvalue weighted by molar-refractivity contribution is 0.646. The van der Waals surface area contributed by atoms with Gasteiger partial charge in [0.1, 0.15) is 0 Å². The Morgan fingerprint density at radius 3 is 2.86 bits per heavy atom. The molecule has 0 aliphatic heterocycles. The summed E-state index contributed by atoms with van der Waals surface area (Å²) >= 11 is 0. The van der Waals surface area contributed by atoms with Crippen LogP contribution in [0.3, 0.4) is 0 Å². The first-order valence-electron chi connectivity index (χ1n) is 4.69. The quantitative estimate of drug-likeness (QED) is 0.738. The molecule has 2 aromatic rings. The maximum atomic E-state index is 5.56. The maximum Gasteiger partial charge on any atom is 0.0683 e. The Balaban J connectivity index is 2.48. The van der Waals surface area contributed by atoms with Crippen molar-refractivity contribution in [2.24, 2.45) is 11.5 Å². The number of rotatable bonds is 3. The molecular weight excluding hydrogens is 176 g/mol. The number of fused-ring (bicyclic) bond motifs is 1. The third-order valence-electron chi connectivity index (χ3n) is 2.28. The molecule has 1 aromatic carbocycles. The zero-order valence-electron chi connectivity index (χ0n) is 7.98. The van der Waals surface area contributed by atoms with Gasteiger partial charge in [-0.25, -0.2) is 0 Å². The largest absolute Gasteiger partial charge is 0.329 e. The Hall–Kier alpha value is -1.39. The highest BCUT2D eigenvalue weighted by Crippen LogP contribution is 2.15. The highest BCUT2D eigenvalue weighted by Gasteiger charge is 2.01. The summed E-state index contributed by atoms with van der Waals surface area (Å²) in [6.45, 7) is 1.93. The standard InChI is InChI=1S/C10H14N4/c11-3-4-14-10-2-1-8(6-12)5-9(10)7-13-14/h1-2,5,7H,3-4,6,11-12H2. The normalized spacial score (nSPS) is 11.0. The van der Waals surface area contributed by atoms with Crippen molar-refractivity contribution in [3.8, 4) is 0 Å². The number of aromatic nitrogens is 2. The van der Waals surface area contributed by atoms with Gasteiger partial charge >= 0.3 is 0 Å². The van der Waals surface area contributed by atoms with E-state index in [0.717, 1.165) is 23.0 Å². The van der Waals surface area contributed by atoms with Crippen LogP contribution in [-0.2, 0) is 13.1 Å². The fourth-order valence-electron chi connectivity index (χ4n) is 1.56. The molecule has 0 bridgehead atoms. The van der Waals surface area contributed by atoms with Crippen LogP contribution in [0.1, 0.15) is 5.56 Å². The molecule has 0 radical (unpaired) electrons. The van der Waals surface area contributed by atoms with Crippen LogP contribution < -0.4 is 11.5 Å². The van der Waals surface area contributed by atoms with Crippen LogP contribution in [0.25, 0.3) is 10.9 Å². The van der Waals surface area contributed by atoms with Gasteiger partial charge in [-0.05, 0) is 17.7 Å². The third-order valence-corrected chi connectivity index (χ3v) is 2.28. The van der Waals surface area contributed by atoms with Gasteiger partial charge in [0, 0.05) is 18.5 Å². The van der Waals surface area contributed by atoms with E-state index in [4.69, 9.17) is 11.5 Å². The fraction of sp³-hybridized carbons (Fsp3) is 0.300. The Morgan fingerprint density at radius 1 is 1.29 bits per heavy atom. The summed E-state index contributed by atoms with van der Waals surface area (Å²) in [4.78, 5) is 0. The van der Waals surface area contributed by atoms with Crippen molar-refractivity contribution in [1.82, 2.24) is 9.78 Å². The van der Waals surface area contributed by atoms with Gasteiger partial charge < -0.3 is 11.5 Å². The minimum Gasteiger partial charge on any atom is -0.329 e. The van der Waals surface area contributed by atoms with E-state index in [1.165, 1.54) is 0 Å². The summed E-state index contributed by atoms with van der Waals surface area (Å²) in [7, 11) is 0. The van der Waals surface area contributed by atoms with Gasteiger partial charge in [0.05, 0.1) is 18.3 Å². The molecular formula is C10H14N4. The molecule has 0 aliphatic rings. The lowest BCUT2D eigenvalue weighted by Gasteiger charge is -2.01. The molecule has 2 rings (SSSR count). The summed E-state index contributed by atoms with van der Waals surface area (Å²) in [6.07, 6.45) is 1.85. The molecule has 1 heterocycles. The predicted molar refractivity (Wildman–Crippen MR) is 56.7 cm³/mol. The van der Waals surface area contributed by atoms with Crippen molar-refractivity contribution in [3.63, 3.8) is 0 Å². The molecule has 74 valence electrons. The molecule has 0 atom stereocenters. The number of hydrogen-bond acceptors (Lipinski definition) is 3. The minimum absolute atomic E-state index is 0.567. The molecule has 0 fully saturated rings. The molecule has 4 nitrogen and oxygen atoms in total. The van der Waals surface area contributed by atoms with Crippen LogP contribution in [0.15, 0.2) is 24.4 Å². The van der Waals surface area contributed by atoms with E-state index in [1.807, 2.05) is 23.0 Å². The third kappa shape index (κ3) is 1.49. The van der Waals surface area contributed by atoms with Crippen molar-refractivity contribution < 1.29 is 0 Å². The van der Waals surface area contributed by atoms with E-state index < -0.39 is 0 Å². The van der Waals surface area contributed by atoms with Crippen molar-refractivity contribution >= 4 is 10.9 Å². The van der Waals surface area contributed by atoms with Gasteiger partial charge in [-0.3, -0.25) is 4.68 Å². The molecule has 0 amide bonds. The number of hydrogen-bond donors (Lipinski definition) is 2. The van der Waals surface area contributed by atoms with Crippen molar-refractivity contribution in [1.29, 1.82) is 0 Å². The van der Waals surface area contributed by atoms with Crippen molar-refractivity contribution in [2.75, 3.05) is 6.54 Å². The number of nitrogens with zero attached hydrogens (tertiary/aromatic N) is 2. The maximum absolute atomic E-state index is 5.56. The van der Waals surface area contributed by atoms with E-state index in [0.29, 0.717) is 13.1 Å². The molecule has 0 spiro atoms. The van der Waals surface area contributed by atoms with Crippen LogP contribution in [0.4, 0.5) is 0 Å². The number of nitrogens with two attached hydrogens (primary N) is 2. The first kappa shape index (κ1) is 9.18. The Bertz CT molecular complexity index is 433. The van der Waals surface area contributed by atoms with Crippen LogP contribution >= 0.6 is 0 Å². The lowest BCUT2D eigenvalue weighted by Crippen LogP contribution is -2.10. The molecule has 1 aromatic heterocycles. The van der Waals surface area contributed by atoms with E-state index >= 15 is 0 Å². The second-order valence-electron chi connectivity index (χ2n) is 3.25. The first-order chi connectivity index (χ1) is 6.85. The van der Waals surface area contributed by atoms with E-state index in [1.54, 1.807) is 0 Å². The molecule has 0 aliphatic carbocycles. The lowest BCUT2D eigenvalue weighted by atomic mass is 10.1. The summed E-state index contributed by atoms with van der Waals surface area (Å²) in [5, 5.41) is 5.38. The van der Waals surface area contributed by atoms with E-state index in [9.17, 15) is 0 Å². The molecule has 4 heteroatoms. The highest BCUT2D eigenvalue weighted by molar-refractivity contribution is 5.79.